The molecule has 2 aromatic carbocycles. The molecule has 4 heteroatoms. The van der Waals surface area contributed by atoms with E-state index < -0.39 is 0 Å². The summed E-state index contributed by atoms with van der Waals surface area (Å²) < 4.78 is 0. The molecule has 1 aliphatic rings. The highest BCUT2D eigenvalue weighted by molar-refractivity contribution is 5.85. The molecular weight excluding hydrogens is 320 g/mol. The number of nitrogens with zero attached hydrogens (tertiary/aromatic N) is 1. The maximum Gasteiger partial charge on any atom is 0.224 e. The molecule has 0 spiro atoms. The van der Waals surface area contributed by atoms with Crippen molar-refractivity contribution in [2.45, 2.75) is 31.2 Å². The second kappa shape index (κ2) is 8.86. The van der Waals surface area contributed by atoms with Crippen LogP contribution in [0.4, 0.5) is 0 Å². The summed E-state index contributed by atoms with van der Waals surface area (Å²) in [5.41, 5.74) is 8.59. The van der Waals surface area contributed by atoms with Gasteiger partial charge in [-0.05, 0) is 29.9 Å². The van der Waals surface area contributed by atoms with Crippen molar-refractivity contribution in [3.63, 3.8) is 0 Å². The highest BCUT2D eigenvalue weighted by Gasteiger charge is 2.24. The molecule has 1 aliphatic heterocycles. The van der Waals surface area contributed by atoms with Gasteiger partial charge in [0.1, 0.15) is 0 Å². The van der Waals surface area contributed by atoms with Crippen molar-refractivity contribution < 1.29 is 4.79 Å². The summed E-state index contributed by atoms with van der Waals surface area (Å²) >= 11 is 0. The summed E-state index contributed by atoms with van der Waals surface area (Å²) in [5.74, 6) is 0.746. The highest BCUT2D eigenvalue weighted by Crippen LogP contribution is 2.28. The number of carbonyl (C=O) groups excluding carboxylic acids is 1. The minimum Gasteiger partial charge on any atom is -0.343 e. The van der Waals surface area contributed by atoms with E-state index in [0.717, 1.165) is 31.5 Å². The Balaban J connectivity index is 0.00000208. The second-order valence-corrected chi connectivity index (χ2v) is 6.29. The van der Waals surface area contributed by atoms with E-state index >= 15 is 0 Å². The quantitative estimate of drug-likeness (QED) is 0.914. The van der Waals surface area contributed by atoms with Crippen LogP contribution in [0.2, 0.25) is 0 Å². The summed E-state index contributed by atoms with van der Waals surface area (Å²) in [4.78, 5) is 14.4. The number of nitrogens with two attached hydrogens (primary N) is 1. The monoisotopic (exact) mass is 344 g/mol. The number of rotatable bonds is 4. The lowest BCUT2D eigenvalue weighted by Crippen LogP contribution is -2.39. The third-order valence-corrected chi connectivity index (χ3v) is 4.74. The number of amides is 1. The van der Waals surface area contributed by atoms with Crippen molar-refractivity contribution in [3.8, 4) is 0 Å². The molecule has 128 valence electrons. The maximum absolute atomic E-state index is 12.5. The van der Waals surface area contributed by atoms with Crippen LogP contribution in [0.1, 0.15) is 42.3 Å². The maximum atomic E-state index is 12.5. The fourth-order valence-corrected chi connectivity index (χ4v) is 3.32. The van der Waals surface area contributed by atoms with Gasteiger partial charge < -0.3 is 10.6 Å². The number of carbonyl (C=O) groups is 1. The first-order valence-electron chi connectivity index (χ1n) is 8.37. The van der Waals surface area contributed by atoms with Crippen LogP contribution in [0.15, 0.2) is 60.7 Å². The lowest BCUT2D eigenvalue weighted by Gasteiger charge is -2.33. The molecule has 1 heterocycles. The van der Waals surface area contributed by atoms with Gasteiger partial charge in [-0.25, -0.2) is 0 Å². The molecular formula is C20H25ClN2O. The van der Waals surface area contributed by atoms with Crippen LogP contribution >= 0.6 is 12.4 Å². The van der Waals surface area contributed by atoms with Crippen molar-refractivity contribution in [3.05, 3.63) is 71.8 Å². The molecule has 1 saturated heterocycles. The first kappa shape index (κ1) is 18.5. The van der Waals surface area contributed by atoms with Crippen LogP contribution in [0.5, 0.6) is 0 Å². The van der Waals surface area contributed by atoms with Crippen molar-refractivity contribution in [2.75, 3.05) is 13.1 Å². The Morgan fingerprint density at radius 1 is 1.00 bits per heavy atom. The van der Waals surface area contributed by atoms with E-state index in [9.17, 15) is 4.79 Å². The van der Waals surface area contributed by atoms with Gasteiger partial charge in [0.15, 0.2) is 0 Å². The fraction of sp³-hybridized carbons (Fsp3) is 0.350. The van der Waals surface area contributed by atoms with Gasteiger partial charge in [-0.3, -0.25) is 4.79 Å². The predicted molar refractivity (Wildman–Crippen MR) is 100 cm³/mol. The molecule has 3 rings (SSSR count). The van der Waals surface area contributed by atoms with Crippen molar-refractivity contribution in [1.29, 1.82) is 0 Å². The van der Waals surface area contributed by atoms with E-state index in [4.69, 9.17) is 5.73 Å². The third kappa shape index (κ3) is 4.59. The van der Waals surface area contributed by atoms with Crippen LogP contribution < -0.4 is 5.73 Å². The van der Waals surface area contributed by atoms with E-state index in [1.54, 1.807) is 0 Å². The zero-order valence-electron chi connectivity index (χ0n) is 13.8. The van der Waals surface area contributed by atoms with Crippen molar-refractivity contribution in [1.82, 2.24) is 4.90 Å². The van der Waals surface area contributed by atoms with Crippen LogP contribution in [0, 0.1) is 0 Å². The van der Waals surface area contributed by atoms with E-state index in [-0.39, 0.29) is 24.4 Å². The van der Waals surface area contributed by atoms with Gasteiger partial charge in [0.25, 0.3) is 0 Å². The Bertz CT molecular complexity index is 625. The highest BCUT2D eigenvalue weighted by atomic mass is 35.5. The first-order chi connectivity index (χ1) is 11.2. The zero-order valence-corrected chi connectivity index (χ0v) is 14.6. The van der Waals surface area contributed by atoms with Crippen LogP contribution in [0.25, 0.3) is 0 Å². The van der Waals surface area contributed by atoms with Crippen LogP contribution in [-0.2, 0) is 4.79 Å². The number of hydrogen-bond donors (Lipinski definition) is 1. The average molecular weight is 345 g/mol. The molecule has 0 bridgehead atoms. The SMILES string of the molecule is Cl.NC(CC(=O)N1CCC(c2ccccc2)CC1)c1ccccc1. The van der Waals surface area contributed by atoms with Crippen molar-refractivity contribution in [2.24, 2.45) is 5.73 Å². The van der Waals surface area contributed by atoms with Gasteiger partial charge in [0.2, 0.25) is 5.91 Å². The van der Waals surface area contributed by atoms with Gasteiger partial charge in [-0.1, -0.05) is 60.7 Å². The number of likely N-dealkylation sites (tertiary alicyclic amines) is 1. The molecule has 1 atom stereocenters. The molecule has 1 amide bonds. The molecule has 0 saturated carbocycles. The molecule has 2 N–H and O–H groups in total. The Morgan fingerprint density at radius 2 is 1.54 bits per heavy atom. The Morgan fingerprint density at radius 3 is 2.12 bits per heavy atom. The van der Waals surface area contributed by atoms with Gasteiger partial charge >= 0.3 is 0 Å². The Kier molecular flexibility index (Phi) is 6.83. The van der Waals surface area contributed by atoms with E-state index in [2.05, 4.69) is 24.3 Å². The normalized spacial score (nSPS) is 16.3. The average Bonchev–Trinajstić information content (AvgIpc) is 2.63. The first-order valence-corrected chi connectivity index (χ1v) is 8.37. The molecule has 0 aromatic heterocycles. The smallest absolute Gasteiger partial charge is 0.224 e. The van der Waals surface area contributed by atoms with Gasteiger partial charge in [0, 0.05) is 25.6 Å². The molecule has 3 nitrogen and oxygen atoms in total. The van der Waals surface area contributed by atoms with E-state index in [0.29, 0.717) is 12.3 Å². The topological polar surface area (TPSA) is 46.3 Å². The van der Waals surface area contributed by atoms with Gasteiger partial charge in [-0.2, -0.15) is 0 Å². The number of benzene rings is 2. The van der Waals surface area contributed by atoms with Crippen LogP contribution in [-0.4, -0.2) is 23.9 Å². The van der Waals surface area contributed by atoms with E-state index in [1.807, 2.05) is 41.3 Å². The molecule has 0 aliphatic carbocycles. The third-order valence-electron chi connectivity index (χ3n) is 4.74. The molecule has 1 fully saturated rings. The second-order valence-electron chi connectivity index (χ2n) is 6.29. The van der Waals surface area contributed by atoms with Gasteiger partial charge in [0.05, 0.1) is 0 Å². The lowest BCUT2D eigenvalue weighted by molar-refractivity contribution is -0.132. The molecule has 1 unspecified atom stereocenters. The minimum absolute atomic E-state index is 0. The fourth-order valence-electron chi connectivity index (χ4n) is 3.32. The summed E-state index contributed by atoms with van der Waals surface area (Å²) in [5, 5.41) is 0. The lowest BCUT2D eigenvalue weighted by atomic mass is 9.89. The Labute approximate surface area is 150 Å². The summed E-state index contributed by atoms with van der Waals surface area (Å²) in [6.45, 7) is 1.67. The summed E-state index contributed by atoms with van der Waals surface area (Å²) in [6, 6.07) is 20.3. The standard InChI is InChI=1S/C20H24N2O.ClH/c21-19(18-9-5-2-6-10-18)15-20(23)22-13-11-17(12-14-22)16-7-3-1-4-8-16;/h1-10,17,19H,11-15,21H2;1H. The molecule has 2 aromatic rings. The number of hydrogen-bond acceptors (Lipinski definition) is 2. The predicted octanol–water partition coefficient (Wildman–Crippen LogP) is 3.90. The van der Waals surface area contributed by atoms with Crippen LogP contribution in [0.3, 0.4) is 0 Å². The van der Waals surface area contributed by atoms with Crippen molar-refractivity contribution >= 4 is 18.3 Å². The molecule has 24 heavy (non-hydrogen) atoms. The molecule has 0 radical (unpaired) electrons. The zero-order chi connectivity index (χ0) is 16.1. The number of piperidine rings is 1. The van der Waals surface area contributed by atoms with Gasteiger partial charge in [-0.15, -0.1) is 12.4 Å². The minimum atomic E-state index is -0.212. The largest absolute Gasteiger partial charge is 0.343 e. The Hall–Kier alpha value is -1.84. The summed E-state index contributed by atoms with van der Waals surface area (Å²) in [7, 11) is 0. The summed E-state index contributed by atoms with van der Waals surface area (Å²) in [6.07, 6.45) is 2.46. The van der Waals surface area contributed by atoms with E-state index in [1.165, 1.54) is 5.56 Å². The number of halogens is 1.